The molecule has 1 N–H and O–H groups in total. The average molecular weight is 555 g/mol. The van der Waals surface area contributed by atoms with Crippen LogP contribution in [0.15, 0.2) is 71.2 Å². The van der Waals surface area contributed by atoms with Gasteiger partial charge in [0.15, 0.2) is 0 Å². The molecular formula is C28H29BrClN3O2. The Labute approximate surface area is 219 Å². The highest BCUT2D eigenvalue weighted by atomic mass is 79.9. The summed E-state index contributed by atoms with van der Waals surface area (Å²) in [5.41, 5.74) is 3.82. The van der Waals surface area contributed by atoms with Gasteiger partial charge in [0.2, 0.25) is 0 Å². The van der Waals surface area contributed by atoms with Crippen molar-refractivity contribution >= 4 is 44.5 Å². The van der Waals surface area contributed by atoms with Gasteiger partial charge in [-0.1, -0.05) is 46.1 Å². The lowest BCUT2D eigenvalue weighted by Crippen LogP contribution is -2.24. The lowest BCUT2D eigenvalue weighted by Gasteiger charge is -2.12. The molecule has 5 nitrogen and oxygen atoms in total. The quantitative estimate of drug-likeness (QED) is 0.203. The fourth-order valence-corrected chi connectivity index (χ4v) is 4.40. The summed E-state index contributed by atoms with van der Waals surface area (Å²) in [7, 11) is 0. The topological polar surface area (TPSA) is 56.1 Å². The molecular weight excluding hydrogens is 526 g/mol. The van der Waals surface area contributed by atoms with Gasteiger partial charge in [-0.2, -0.15) is 0 Å². The summed E-state index contributed by atoms with van der Waals surface area (Å²) < 4.78 is 9.21. The fraction of sp³-hybridized carbons (Fsp3) is 0.286. The van der Waals surface area contributed by atoms with E-state index in [0.717, 1.165) is 69.9 Å². The van der Waals surface area contributed by atoms with Crippen molar-refractivity contribution in [2.45, 2.75) is 39.2 Å². The van der Waals surface area contributed by atoms with E-state index in [1.807, 2.05) is 61.5 Å². The van der Waals surface area contributed by atoms with Gasteiger partial charge >= 0.3 is 0 Å². The van der Waals surface area contributed by atoms with Crippen molar-refractivity contribution in [3.8, 4) is 5.75 Å². The maximum absolute atomic E-state index is 12.2. The van der Waals surface area contributed by atoms with Gasteiger partial charge in [-0.05, 0) is 79.9 Å². The van der Waals surface area contributed by atoms with Crippen LogP contribution in [-0.2, 0) is 13.0 Å². The Balaban J connectivity index is 1.27. The van der Waals surface area contributed by atoms with E-state index in [1.165, 1.54) is 0 Å². The Morgan fingerprint density at radius 2 is 1.86 bits per heavy atom. The van der Waals surface area contributed by atoms with Crippen molar-refractivity contribution in [1.82, 2.24) is 14.9 Å². The van der Waals surface area contributed by atoms with Crippen LogP contribution in [0.25, 0.3) is 11.0 Å². The first-order valence-corrected chi connectivity index (χ1v) is 13.1. The number of fused-ring (bicyclic) bond motifs is 1. The summed E-state index contributed by atoms with van der Waals surface area (Å²) in [6.45, 7) is 3.92. The number of imidazole rings is 1. The van der Waals surface area contributed by atoms with Crippen LogP contribution < -0.4 is 10.1 Å². The Bertz CT molecular complexity index is 1290. The van der Waals surface area contributed by atoms with Gasteiger partial charge < -0.3 is 14.6 Å². The predicted octanol–water partition coefficient (Wildman–Crippen LogP) is 6.98. The molecule has 0 spiro atoms. The highest BCUT2D eigenvalue weighted by molar-refractivity contribution is 9.10. The molecule has 0 saturated carbocycles. The number of nitrogens with one attached hydrogen (secondary N) is 1. The molecule has 4 aromatic rings. The molecule has 0 saturated heterocycles. The number of carbonyl (C=O) groups is 1. The number of unbranched alkanes of at least 4 members (excludes halogenated alkanes) is 2. The monoisotopic (exact) mass is 553 g/mol. The number of hydrogen-bond acceptors (Lipinski definition) is 3. The summed E-state index contributed by atoms with van der Waals surface area (Å²) in [5, 5.41) is 3.74. The molecule has 35 heavy (non-hydrogen) atoms. The van der Waals surface area contributed by atoms with Crippen molar-refractivity contribution in [3.63, 3.8) is 0 Å². The molecule has 1 heterocycles. The summed E-state index contributed by atoms with van der Waals surface area (Å²) in [6.07, 6.45) is 3.84. The second-order valence-corrected chi connectivity index (χ2v) is 9.82. The average Bonchev–Trinajstić information content (AvgIpc) is 3.21. The SMILES string of the molecule is Cc1cc(OCCn2c(CCCCCNC(=O)c3ccc(Br)cc3)nc3ccccc32)ccc1Cl. The van der Waals surface area contributed by atoms with Crippen LogP contribution in [-0.4, -0.2) is 28.6 Å². The van der Waals surface area contributed by atoms with Gasteiger partial charge in [-0.25, -0.2) is 4.98 Å². The van der Waals surface area contributed by atoms with E-state index in [0.29, 0.717) is 18.7 Å². The zero-order valence-electron chi connectivity index (χ0n) is 19.8. The minimum Gasteiger partial charge on any atom is -0.492 e. The minimum atomic E-state index is -0.0322. The molecule has 0 atom stereocenters. The van der Waals surface area contributed by atoms with E-state index < -0.39 is 0 Å². The summed E-state index contributed by atoms with van der Waals surface area (Å²) in [6, 6.07) is 21.3. The van der Waals surface area contributed by atoms with E-state index >= 15 is 0 Å². The molecule has 0 aliphatic heterocycles. The molecule has 0 unspecified atom stereocenters. The molecule has 0 radical (unpaired) electrons. The largest absolute Gasteiger partial charge is 0.492 e. The number of rotatable bonds is 11. The molecule has 4 rings (SSSR count). The standard InChI is InChI=1S/C28H29BrClN3O2/c1-20-19-23(14-15-24(20)30)35-18-17-33-26-8-5-4-7-25(26)32-27(33)9-3-2-6-16-31-28(34)21-10-12-22(29)13-11-21/h4-5,7-8,10-15,19H,2-3,6,9,16-18H2,1H3,(H,31,34). The van der Waals surface area contributed by atoms with Crippen molar-refractivity contribution in [2.75, 3.05) is 13.2 Å². The van der Waals surface area contributed by atoms with E-state index in [9.17, 15) is 4.79 Å². The van der Waals surface area contributed by atoms with Crippen LogP contribution in [0.4, 0.5) is 0 Å². The number of aromatic nitrogens is 2. The number of carbonyl (C=O) groups excluding carboxylic acids is 1. The molecule has 182 valence electrons. The smallest absolute Gasteiger partial charge is 0.251 e. The van der Waals surface area contributed by atoms with Crippen LogP contribution in [0.5, 0.6) is 5.75 Å². The number of benzene rings is 3. The predicted molar refractivity (Wildman–Crippen MR) is 145 cm³/mol. The second-order valence-electron chi connectivity index (χ2n) is 8.50. The first-order valence-electron chi connectivity index (χ1n) is 11.9. The highest BCUT2D eigenvalue weighted by Crippen LogP contribution is 2.22. The Morgan fingerprint density at radius 1 is 1.06 bits per heavy atom. The molecule has 0 aliphatic carbocycles. The number of nitrogens with zero attached hydrogens (tertiary/aromatic N) is 2. The third kappa shape index (κ3) is 6.86. The Kier molecular flexibility index (Phi) is 8.83. The first kappa shape index (κ1) is 25.3. The van der Waals surface area contributed by atoms with Crippen LogP contribution in [0.1, 0.15) is 41.0 Å². The van der Waals surface area contributed by atoms with Gasteiger partial charge in [-0.3, -0.25) is 4.79 Å². The Morgan fingerprint density at radius 3 is 2.66 bits per heavy atom. The number of halogens is 2. The molecule has 1 aromatic heterocycles. The summed E-state index contributed by atoms with van der Waals surface area (Å²) in [4.78, 5) is 17.1. The number of para-hydroxylation sites is 2. The number of hydrogen-bond donors (Lipinski definition) is 1. The fourth-order valence-electron chi connectivity index (χ4n) is 4.02. The third-order valence-corrected chi connectivity index (χ3v) is 6.87. The molecule has 0 aliphatic rings. The van der Waals surface area contributed by atoms with Crippen molar-refractivity contribution < 1.29 is 9.53 Å². The summed E-state index contributed by atoms with van der Waals surface area (Å²) in [5.74, 6) is 1.86. The minimum absolute atomic E-state index is 0.0322. The van der Waals surface area contributed by atoms with E-state index in [-0.39, 0.29) is 5.91 Å². The lowest BCUT2D eigenvalue weighted by atomic mass is 10.1. The van der Waals surface area contributed by atoms with Gasteiger partial charge in [0, 0.05) is 28.0 Å². The number of ether oxygens (including phenoxy) is 1. The maximum Gasteiger partial charge on any atom is 0.251 e. The molecule has 0 bridgehead atoms. The highest BCUT2D eigenvalue weighted by Gasteiger charge is 2.11. The molecule has 0 fully saturated rings. The zero-order valence-corrected chi connectivity index (χ0v) is 22.1. The molecule has 1 amide bonds. The van der Waals surface area contributed by atoms with Crippen LogP contribution in [0, 0.1) is 6.92 Å². The van der Waals surface area contributed by atoms with Gasteiger partial charge in [-0.15, -0.1) is 0 Å². The van der Waals surface area contributed by atoms with Gasteiger partial charge in [0.1, 0.15) is 18.2 Å². The second kappa shape index (κ2) is 12.2. The van der Waals surface area contributed by atoms with Gasteiger partial charge in [0.05, 0.1) is 17.6 Å². The number of amides is 1. The van der Waals surface area contributed by atoms with Crippen molar-refractivity contribution in [3.05, 3.63) is 93.2 Å². The Hall–Kier alpha value is -2.83. The summed E-state index contributed by atoms with van der Waals surface area (Å²) >= 11 is 9.51. The van der Waals surface area contributed by atoms with Crippen LogP contribution in [0.3, 0.4) is 0 Å². The van der Waals surface area contributed by atoms with Crippen LogP contribution >= 0.6 is 27.5 Å². The zero-order chi connectivity index (χ0) is 24.6. The molecule has 3 aromatic carbocycles. The van der Waals surface area contributed by atoms with Crippen LogP contribution in [0.2, 0.25) is 5.02 Å². The van der Waals surface area contributed by atoms with Crippen molar-refractivity contribution in [1.29, 1.82) is 0 Å². The lowest BCUT2D eigenvalue weighted by molar-refractivity contribution is 0.0953. The molecule has 7 heteroatoms. The van der Waals surface area contributed by atoms with E-state index in [1.54, 1.807) is 0 Å². The first-order chi connectivity index (χ1) is 17.0. The van der Waals surface area contributed by atoms with Crippen molar-refractivity contribution in [2.24, 2.45) is 0 Å². The van der Waals surface area contributed by atoms with E-state index in [2.05, 4.69) is 37.9 Å². The maximum atomic E-state index is 12.2. The van der Waals surface area contributed by atoms with E-state index in [4.69, 9.17) is 21.3 Å². The number of aryl methyl sites for hydroxylation is 2. The normalized spacial score (nSPS) is 11.1. The van der Waals surface area contributed by atoms with Gasteiger partial charge in [0.25, 0.3) is 5.91 Å². The third-order valence-electron chi connectivity index (χ3n) is 5.92.